The fourth-order valence-corrected chi connectivity index (χ4v) is 3.02. The highest BCUT2D eigenvalue weighted by Crippen LogP contribution is 2.28. The summed E-state index contributed by atoms with van der Waals surface area (Å²) in [5.41, 5.74) is 7.84. The molecule has 1 aromatic carbocycles. The average molecular weight is 310 g/mol. The van der Waals surface area contributed by atoms with E-state index in [1.165, 1.54) is 6.07 Å². The first kappa shape index (κ1) is 13.0. The number of thiophene rings is 1. The minimum absolute atomic E-state index is 0.288. The van der Waals surface area contributed by atoms with Gasteiger partial charge in [-0.05, 0) is 35.2 Å². The van der Waals surface area contributed by atoms with Crippen LogP contribution >= 0.6 is 11.3 Å². The number of hydrogen-bond donors (Lipinski definition) is 1. The largest absolute Gasteiger partial charge is 0.384 e. The first-order valence-corrected chi connectivity index (χ1v) is 7.55. The zero-order chi connectivity index (χ0) is 15.1. The van der Waals surface area contributed by atoms with Gasteiger partial charge in [-0.3, -0.25) is 0 Å². The number of halogens is 1. The summed E-state index contributed by atoms with van der Waals surface area (Å²) in [6.07, 6.45) is 0. The molecule has 0 unspecified atom stereocenters. The number of rotatable bonds is 2. The molecule has 0 spiro atoms. The Morgan fingerprint density at radius 3 is 2.73 bits per heavy atom. The van der Waals surface area contributed by atoms with Gasteiger partial charge in [0.2, 0.25) is 0 Å². The van der Waals surface area contributed by atoms with Crippen molar-refractivity contribution in [3.8, 4) is 21.8 Å². The van der Waals surface area contributed by atoms with Gasteiger partial charge in [-0.1, -0.05) is 24.3 Å². The summed E-state index contributed by atoms with van der Waals surface area (Å²) in [4.78, 5) is 5.46. The molecular weight excluding hydrogens is 299 g/mol. The Bertz CT molecular complexity index is 960. The van der Waals surface area contributed by atoms with Crippen molar-refractivity contribution in [3.63, 3.8) is 0 Å². The number of fused-ring (bicyclic) bond motifs is 1. The fraction of sp³-hybridized carbons (Fsp3) is 0. The van der Waals surface area contributed by atoms with E-state index in [1.807, 2.05) is 17.5 Å². The molecular formula is C16H11FN4S. The van der Waals surface area contributed by atoms with Gasteiger partial charge in [0.1, 0.15) is 11.6 Å². The van der Waals surface area contributed by atoms with E-state index in [4.69, 9.17) is 5.73 Å². The van der Waals surface area contributed by atoms with Crippen molar-refractivity contribution >= 4 is 22.8 Å². The Kier molecular flexibility index (Phi) is 2.90. The van der Waals surface area contributed by atoms with E-state index in [1.54, 1.807) is 46.2 Å². The lowest BCUT2D eigenvalue weighted by molar-refractivity contribution is 0.631. The van der Waals surface area contributed by atoms with Crippen LogP contribution in [0.2, 0.25) is 0 Å². The number of nitrogens with zero attached hydrogens (tertiary/aromatic N) is 3. The lowest BCUT2D eigenvalue weighted by Crippen LogP contribution is -1.99. The van der Waals surface area contributed by atoms with E-state index in [9.17, 15) is 4.39 Å². The molecule has 0 aliphatic carbocycles. The van der Waals surface area contributed by atoms with Crippen LogP contribution in [0.1, 0.15) is 0 Å². The van der Waals surface area contributed by atoms with Crippen LogP contribution in [-0.2, 0) is 0 Å². The first-order valence-electron chi connectivity index (χ1n) is 6.67. The number of aromatic nitrogens is 3. The van der Waals surface area contributed by atoms with Crippen LogP contribution in [-0.4, -0.2) is 14.6 Å². The summed E-state index contributed by atoms with van der Waals surface area (Å²) in [5.74, 6) is 0.752. The fourth-order valence-electron chi connectivity index (χ4n) is 2.37. The maximum Gasteiger partial charge on any atom is 0.192 e. The zero-order valence-corrected chi connectivity index (χ0v) is 12.2. The van der Waals surface area contributed by atoms with E-state index < -0.39 is 0 Å². The minimum atomic E-state index is -0.288. The highest BCUT2D eigenvalue weighted by atomic mass is 32.1. The van der Waals surface area contributed by atoms with Crippen LogP contribution in [0, 0.1) is 5.82 Å². The molecule has 0 saturated heterocycles. The van der Waals surface area contributed by atoms with Gasteiger partial charge in [-0.15, -0.1) is 16.4 Å². The molecule has 4 rings (SSSR count). The van der Waals surface area contributed by atoms with E-state index in [-0.39, 0.29) is 5.82 Å². The molecule has 0 aliphatic rings. The zero-order valence-electron chi connectivity index (χ0n) is 11.4. The summed E-state index contributed by atoms with van der Waals surface area (Å²) in [6, 6.07) is 14.0. The molecule has 4 aromatic rings. The van der Waals surface area contributed by atoms with Crippen LogP contribution in [0.25, 0.3) is 27.5 Å². The second-order valence-electron chi connectivity index (χ2n) is 4.83. The lowest BCUT2D eigenvalue weighted by Gasteiger charge is -2.05. The average Bonchev–Trinajstić information content (AvgIpc) is 3.16. The summed E-state index contributed by atoms with van der Waals surface area (Å²) in [7, 11) is 0. The molecule has 4 nitrogen and oxygen atoms in total. The Morgan fingerprint density at radius 2 is 1.95 bits per heavy atom. The Labute approximate surface area is 129 Å². The van der Waals surface area contributed by atoms with Gasteiger partial charge in [-0.25, -0.2) is 9.37 Å². The van der Waals surface area contributed by atoms with Gasteiger partial charge in [0.25, 0.3) is 0 Å². The van der Waals surface area contributed by atoms with Crippen molar-refractivity contribution in [2.75, 3.05) is 5.73 Å². The minimum Gasteiger partial charge on any atom is -0.384 e. The highest BCUT2D eigenvalue weighted by Gasteiger charge is 2.12. The molecule has 0 fully saturated rings. The number of benzene rings is 1. The number of pyridine rings is 1. The van der Waals surface area contributed by atoms with Crippen LogP contribution in [0.15, 0.2) is 53.9 Å². The van der Waals surface area contributed by atoms with Gasteiger partial charge in [0.05, 0.1) is 4.88 Å². The summed E-state index contributed by atoms with van der Waals surface area (Å²) in [5, 5.41) is 6.38. The Balaban J connectivity index is 1.91. The van der Waals surface area contributed by atoms with Gasteiger partial charge in [-0.2, -0.15) is 4.52 Å². The molecule has 108 valence electrons. The molecule has 6 heteroatoms. The van der Waals surface area contributed by atoms with Crippen molar-refractivity contribution in [1.82, 2.24) is 14.6 Å². The maximum absolute atomic E-state index is 14.0. The van der Waals surface area contributed by atoms with Gasteiger partial charge in [0.15, 0.2) is 11.5 Å². The predicted molar refractivity (Wildman–Crippen MR) is 86.1 cm³/mol. The number of hydrogen-bond acceptors (Lipinski definition) is 4. The number of nitrogens with two attached hydrogens (primary N) is 1. The van der Waals surface area contributed by atoms with Crippen molar-refractivity contribution < 1.29 is 4.39 Å². The van der Waals surface area contributed by atoms with Crippen LogP contribution in [0.3, 0.4) is 0 Å². The molecule has 0 aliphatic heterocycles. The highest BCUT2D eigenvalue weighted by molar-refractivity contribution is 7.13. The normalized spacial score (nSPS) is 11.1. The topological polar surface area (TPSA) is 56.2 Å². The van der Waals surface area contributed by atoms with Gasteiger partial charge in [0, 0.05) is 5.56 Å². The van der Waals surface area contributed by atoms with Gasteiger partial charge < -0.3 is 5.73 Å². The van der Waals surface area contributed by atoms with Crippen LogP contribution in [0.4, 0.5) is 10.2 Å². The Hall–Kier alpha value is -2.73. The molecule has 0 amide bonds. The molecule has 0 bridgehead atoms. The van der Waals surface area contributed by atoms with E-state index in [0.717, 1.165) is 4.88 Å². The second kappa shape index (κ2) is 4.92. The summed E-state index contributed by atoms with van der Waals surface area (Å²) >= 11 is 1.56. The quantitative estimate of drug-likeness (QED) is 0.612. The van der Waals surface area contributed by atoms with Crippen molar-refractivity contribution in [3.05, 3.63) is 59.7 Å². The third-order valence-electron chi connectivity index (χ3n) is 3.39. The second-order valence-corrected chi connectivity index (χ2v) is 5.78. The predicted octanol–water partition coefficient (Wildman–Crippen LogP) is 3.85. The molecule has 0 radical (unpaired) electrons. The van der Waals surface area contributed by atoms with E-state index >= 15 is 0 Å². The number of nitrogen functional groups attached to an aromatic ring is 1. The molecule has 0 saturated carbocycles. The van der Waals surface area contributed by atoms with Gasteiger partial charge >= 0.3 is 0 Å². The summed E-state index contributed by atoms with van der Waals surface area (Å²) in [6.45, 7) is 0. The smallest absolute Gasteiger partial charge is 0.192 e. The standard InChI is InChI=1S/C16H11FN4S/c17-12-5-2-1-4-11(12)10-8-14(18)21-15(9-10)19-16(20-21)13-6-3-7-22-13/h1-9H,18H2. The summed E-state index contributed by atoms with van der Waals surface area (Å²) < 4.78 is 15.5. The molecule has 3 heterocycles. The third kappa shape index (κ3) is 2.05. The monoisotopic (exact) mass is 310 g/mol. The SMILES string of the molecule is Nc1cc(-c2ccccc2F)cc2nc(-c3cccs3)nn12. The van der Waals surface area contributed by atoms with Crippen LogP contribution in [0.5, 0.6) is 0 Å². The molecule has 2 N–H and O–H groups in total. The molecule has 0 atom stereocenters. The van der Waals surface area contributed by atoms with Crippen molar-refractivity contribution in [1.29, 1.82) is 0 Å². The molecule has 3 aromatic heterocycles. The maximum atomic E-state index is 14.0. The molecule has 22 heavy (non-hydrogen) atoms. The first-order chi connectivity index (χ1) is 10.7. The van der Waals surface area contributed by atoms with E-state index in [2.05, 4.69) is 10.1 Å². The van der Waals surface area contributed by atoms with E-state index in [0.29, 0.717) is 28.4 Å². The van der Waals surface area contributed by atoms with Crippen LogP contribution < -0.4 is 5.73 Å². The lowest BCUT2D eigenvalue weighted by atomic mass is 10.1. The van der Waals surface area contributed by atoms with Crippen molar-refractivity contribution in [2.24, 2.45) is 0 Å². The number of anilines is 1. The van der Waals surface area contributed by atoms with Crippen molar-refractivity contribution in [2.45, 2.75) is 0 Å². The third-order valence-corrected chi connectivity index (χ3v) is 4.26. The Morgan fingerprint density at radius 1 is 1.09 bits per heavy atom.